The molecule has 1 aromatic carbocycles. The molecule has 0 unspecified atom stereocenters. The molecule has 1 heterocycles. The molecule has 0 saturated heterocycles. The summed E-state index contributed by atoms with van der Waals surface area (Å²) in [7, 11) is 1.54. The fraction of sp³-hybridized carbons (Fsp3) is 0.545. The third-order valence-corrected chi connectivity index (χ3v) is 5.10. The number of hydrogen-bond acceptors (Lipinski definition) is 7. The zero-order chi connectivity index (χ0) is 21.7. The molecule has 162 valence electrons. The van der Waals surface area contributed by atoms with Crippen LogP contribution in [0, 0.1) is 0 Å². The highest BCUT2D eigenvalue weighted by Gasteiger charge is 2.23. The van der Waals surface area contributed by atoms with Gasteiger partial charge in [0.2, 0.25) is 5.95 Å². The summed E-state index contributed by atoms with van der Waals surface area (Å²) in [5, 5.41) is 6.27. The molecule has 2 N–H and O–H groups in total. The lowest BCUT2D eigenvalue weighted by molar-refractivity contribution is 0.0951. The number of rotatable bonds is 10. The van der Waals surface area contributed by atoms with Crippen molar-refractivity contribution >= 4 is 11.9 Å². The summed E-state index contributed by atoms with van der Waals surface area (Å²) in [5.41, 5.74) is 1.43. The van der Waals surface area contributed by atoms with Crippen LogP contribution in [0.1, 0.15) is 50.9 Å². The molecule has 1 amide bonds. The molecule has 3 rings (SSSR count). The van der Waals surface area contributed by atoms with Crippen molar-refractivity contribution < 1.29 is 9.53 Å². The van der Waals surface area contributed by atoms with Crippen molar-refractivity contribution in [1.29, 1.82) is 0 Å². The Labute approximate surface area is 178 Å². The quantitative estimate of drug-likeness (QED) is 0.620. The number of carbonyl (C=O) groups is 1. The first-order valence-corrected chi connectivity index (χ1v) is 10.6. The van der Waals surface area contributed by atoms with Gasteiger partial charge in [0.15, 0.2) is 5.82 Å². The Morgan fingerprint density at radius 2 is 1.77 bits per heavy atom. The number of benzene rings is 1. The summed E-state index contributed by atoms with van der Waals surface area (Å²) >= 11 is 0. The van der Waals surface area contributed by atoms with Gasteiger partial charge in [0.25, 0.3) is 5.91 Å². The summed E-state index contributed by atoms with van der Waals surface area (Å²) in [4.78, 5) is 27.8. The molecule has 1 aromatic heterocycles. The standard InChI is InChI=1S/C22H32N6O2/c1-14(2)28(15(3)4)13-12-23-21-25-19(26-22(27-21)30-5)16-6-8-17(9-7-16)20(29)24-18-10-11-18/h6-9,14-15,18H,10-13H2,1-5H3,(H,24,29)(H,23,25,26,27). The molecule has 2 aromatic rings. The minimum absolute atomic E-state index is 0.0421. The zero-order valence-electron chi connectivity index (χ0n) is 18.5. The van der Waals surface area contributed by atoms with E-state index in [1.54, 1.807) is 12.1 Å². The molecule has 1 saturated carbocycles. The molecule has 0 radical (unpaired) electrons. The monoisotopic (exact) mass is 412 g/mol. The maximum absolute atomic E-state index is 12.2. The second-order valence-electron chi connectivity index (χ2n) is 8.15. The Bertz CT molecular complexity index is 841. The molecule has 8 heteroatoms. The molecule has 1 aliphatic rings. The number of amides is 1. The van der Waals surface area contributed by atoms with Crippen LogP contribution in [0.3, 0.4) is 0 Å². The predicted molar refractivity (Wildman–Crippen MR) is 118 cm³/mol. The van der Waals surface area contributed by atoms with Crippen LogP contribution in [0.2, 0.25) is 0 Å². The number of methoxy groups -OCH3 is 1. The number of ether oxygens (including phenoxy) is 1. The third kappa shape index (κ3) is 5.89. The van der Waals surface area contributed by atoms with Crippen molar-refractivity contribution in [3.63, 3.8) is 0 Å². The maximum atomic E-state index is 12.2. The maximum Gasteiger partial charge on any atom is 0.321 e. The van der Waals surface area contributed by atoms with Gasteiger partial charge in [-0.25, -0.2) is 0 Å². The molecule has 1 aliphatic carbocycles. The van der Waals surface area contributed by atoms with Crippen molar-refractivity contribution in [2.45, 2.75) is 58.7 Å². The predicted octanol–water partition coefficient (Wildman–Crippen LogP) is 2.97. The van der Waals surface area contributed by atoms with Gasteiger partial charge in [-0.15, -0.1) is 0 Å². The first-order chi connectivity index (χ1) is 14.4. The van der Waals surface area contributed by atoms with E-state index >= 15 is 0 Å². The summed E-state index contributed by atoms with van der Waals surface area (Å²) in [6, 6.07) is 8.79. The van der Waals surface area contributed by atoms with Crippen LogP contribution >= 0.6 is 0 Å². The zero-order valence-corrected chi connectivity index (χ0v) is 18.5. The Balaban J connectivity index is 1.70. The van der Waals surface area contributed by atoms with E-state index in [1.807, 2.05) is 12.1 Å². The normalized spacial score (nSPS) is 13.7. The number of anilines is 1. The largest absolute Gasteiger partial charge is 0.467 e. The second kappa shape index (κ2) is 9.84. The third-order valence-electron chi connectivity index (χ3n) is 5.10. The molecule has 0 bridgehead atoms. The highest BCUT2D eigenvalue weighted by molar-refractivity contribution is 5.94. The fourth-order valence-electron chi connectivity index (χ4n) is 3.33. The average Bonchev–Trinajstić information content (AvgIpc) is 3.54. The van der Waals surface area contributed by atoms with E-state index in [-0.39, 0.29) is 11.9 Å². The van der Waals surface area contributed by atoms with Crippen LogP contribution in [0.4, 0.5) is 5.95 Å². The van der Waals surface area contributed by atoms with Crippen molar-refractivity contribution in [1.82, 2.24) is 25.2 Å². The van der Waals surface area contributed by atoms with Gasteiger partial charge in [-0.1, -0.05) is 12.1 Å². The van der Waals surface area contributed by atoms with Crippen LogP contribution in [0.25, 0.3) is 11.4 Å². The fourth-order valence-corrected chi connectivity index (χ4v) is 3.33. The van der Waals surface area contributed by atoms with Gasteiger partial charge in [-0.2, -0.15) is 15.0 Å². The minimum Gasteiger partial charge on any atom is -0.467 e. The van der Waals surface area contributed by atoms with Gasteiger partial charge in [0.05, 0.1) is 7.11 Å². The highest BCUT2D eigenvalue weighted by Crippen LogP contribution is 2.21. The summed E-state index contributed by atoms with van der Waals surface area (Å²) < 4.78 is 5.26. The highest BCUT2D eigenvalue weighted by atomic mass is 16.5. The van der Waals surface area contributed by atoms with Crippen molar-refractivity contribution in [3.8, 4) is 17.4 Å². The Morgan fingerprint density at radius 1 is 1.10 bits per heavy atom. The molecule has 0 spiro atoms. The van der Waals surface area contributed by atoms with Crippen LogP contribution in [0.15, 0.2) is 24.3 Å². The molecule has 0 atom stereocenters. The van der Waals surface area contributed by atoms with Crippen molar-refractivity contribution in [3.05, 3.63) is 29.8 Å². The number of nitrogens with one attached hydrogen (secondary N) is 2. The molecule has 8 nitrogen and oxygen atoms in total. The minimum atomic E-state index is -0.0421. The van der Waals surface area contributed by atoms with E-state index in [0.29, 0.717) is 42.0 Å². The number of hydrogen-bond donors (Lipinski definition) is 2. The lowest BCUT2D eigenvalue weighted by atomic mass is 10.1. The van der Waals surface area contributed by atoms with Gasteiger partial charge in [-0.05, 0) is 52.7 Å². The lowest BCUT2D eigenvalue weighted by Gasteiger charge is -2.30. The van der Waals surface area contributed by atoms with Crippen LogP contribution in [-0.4, -0.2) is 64.1 Å². The van der Waals surface area contributed by atoms with Crippen LogP contribution in [0.5, 0.6) is 6.01 Å². The smallest absolute Gasteiger partial charge is 0.321 e. The average molecular weight is 413 g/mol. The van der Waals surface area contributed by atoms with Crippen LogP contribution < -0.4 is 15.4 Å². The summed E-state index contributed by atoms with van der Waals surface area (Å²) in [6.07, 6.45) is 2.13. The number of carbonyl (C=O) groups excluding carboxylic acids is 1. The molecular weight excluding hydrogens is 380 g/mol. The van der Waals surface area contributed by atoms with E-state index in [1.165, 1.54) is 7.11 Å². The first kappa shape index (κ1) is 22.0. The SMILES string of the molecule is COc1nc(NCCN(C(C)C)C(C)C)nc(-c2ccc(C(=O)NC3CC3)cc2)n1. The molecular formula is C22H32N6O2. The molecule has 1 fully saturated rings. The van der Waals surface area contributed by atoms with E-state index in [2.05, 4.69) is 58.2 Å². The molecule has 30 heavy (non-hydrogen) atoms. The van der Waals surface area contributed by atoms with Crippen molar-refractivity contribution in [2.24, 2.45) is 0 Å². The van der Waals surface area contributed by atoms with E-state index in [4.69, 9.17) is 4.74 Å². The first-order valence-electron chi connectivity index (χ1n) is 10.6. The lowest BCUT2D eigenvalue weighted by Crippen LogP contribution is -2.40. The van der Waals surface area contributed by atoms with Crippen LogP contribution in [-0.2, 0) is 0 Å². The van der Waals surface area contributed by atoms with Gasteiger partial charge >= 0.3 is 6.01 Å². The van der Waals surface area contributed by atoms with Gasteiger partial charge in [-0.3, -0.25) is 9.69 Å². The number of nitrogens with zero attached hydrogens (tertiary/aromatic N) is 4. The van der Waals surface area contributed by atoms with Crippen molar-refractivity contribution in [2.75, 3.05) is 25.5 Å². The van der Waals surface area contributed by atoms with E-state index in [0.717, 1.165) is 24.9 Å². The summed E-state index contributed by atoms with van der Waals surface area (Å²) in [6.45, 7) is 10.4. The second-order valence-corrected chi connectivity index (χ2v) is 8.15. The van der Waals surface area contributed by atoms with Gasteiger partial charge in [0.1, 0.15) is 0 Å². The summed E-state index contributed by atoms with van der Waals surface area (Å²) in [5.74, 6) is 0.933. The Kier molecular flexibility index (Phi) is 7.20. The van der Waals surface area contributed by atoms with Gasteiger partial charge in [0, 0.05) is 42.3 Å². The van der Waals surface area contributed by atoms with E-state index < -0.39 is 0 Å². The topological polar surface area (TPSA) is 92.3 Å². The molecule has 0 aliphatic heterocycles. The Hall–Kier alpha value is -2.74. The Morgan fingerprint density at radius 3 is 2.33 bits per heavy atom. The van der Waals surface area contributed by atoms with Gasteiger partial charge < -0.3 is 15.4 Å². The number of aromatic nitrogens is 3. The van der Waals surface area contributed by atoms with E-state index in [9.17, 15) is 4.79 Å².